The van der Waals surface area contributed by atoms with E-state index in [4.69, 9.17) is 4.74 Å². The first-order valence-corrected chi connectivity index (χ1v) is 8.15. The number of sulfonamides is 1. The van der Waals surface area contributed by atoms with Crippen LogP contribution in [0.3, 0.4) is 0 Å². The highest BCUT2D eigenvalue weighted by Crippen LogP contribution is 2.29. The molecule has 0 bridgehead atoms. The predicted molar refractivity (Wildman–Crippen MR) is 84.5 cm³/mol. The van der Waals surface area contributed by atoms with Crippen molar-refractivity contribution in [3.63, 3.8) is 0 Å². The van der Waals surface area contributed by atoms with E-state index in [1.807, 2.05) is 4.72 Å². The van der Waals surface area contributed by atoms with Crippen LogP contribution < -0.4 is 14.8 Å². The van der Waals surface area contributed by atoms with E-state index in [1.54, 1.807) is 0 Å². The van der Waals surface area contributed by atoms with Gasteiger partial charge in [-0.3, -0.25) is 9.52 Å². The summed E-state index contributed by atoms with van der Waals surface area (Å²) in [5.41, 5.74) is -0.0989. The molecule has 0 aliphatic heterocycles. The highest BCUT2D eigenvalue weighted by Gasteiger charge is 2.19. The maximum atomic E-state index is 13.6. The molecule has 2 rings (SSSR count). The predicted octanol–water partition coefficient (Wildman–Crippen LogP) is 2.73. The summed E-state index contributed by atoms with van der Waals surface area (Å²) >= 11 is 0. The van der Waals surface area contributed by atoms with Crippen LogP contribution in [0.4, 0.5) is 20.2 Å². The summed E-state index contributed by atoms with van der Waals surface area (Å²) in [4.78, 5) is 10.9. The first-order valence-electron chi connectivity index (χ1n) is 6.66. The summed E-state index contributed by atoms with van der Waals surface area (Å²) in [6.07, 6.45) is 0. The van der Waals surface area contributed by atoms with Gasteiger partial charge in [0.1, 0.15) is 17.4 Å². The summed E-state index contributed by atoms with van der Waals surface area (Å²) in [6.45, 7) is 1.29. The van der Waals surface area contributed by atoms with Crippen LogP contribution in [0.15, 0.2) is 41.3 Å². The minimum absolute atomic E-state index is 0.118. The molecule has 0 saturated heterocycles. The zero-order chi connectivity index (χ0) is 17.9. The molecule has 0 unspecified atom stereocenters. The fourth-order valence-electron chi connectivity index (χ4n) is 1.91. The molecule has 2 N–H and O–H groups in total. The highest BCUT2D eigenvalue weighted by atomic mass is 32.2. The van der Waals surface area contributed by atoms with Crippen LogP contribution in [0.5, 0.6) is 5.75 Å². The van der Waals surface area contributed by atoms with E-state index in [9.17, 15) is 22.0 Å². The van der Waals surface area contributed by atoms with Gasteiger partial charge in [0.2, 0.25) is 5.91 Å². The summed E-state index contributed by atoms with van der Waals surface area (Å²) in [5, 5.41) is 2.49. The van der Waals surface area contributed by atoms with E-state index in [0.29, 0.717) is 6.07 Å². The molecule has 0 aliphatic rings. The molecule has 0 aliphatic carbocycles. The van der Waals surface area contributed by atoms with Gasteiger partial charge < -0.3 is 10.1 Å². The van der Waals surface area contributed by atoms with Gasteiger partial charge in [-0.1, -0.05) is 0 Å². The molecule has 0 saturated carbocycles. The lowest BCUT2D eigenvalue weighted by molar-refractivity contribution is -0.114. The Balaban J connectivity index is 2.36. The Labute approximate surface area is 137 Å². The third-order valence-electron chi connectivity index (χ3n) is 2.97. The lowest BCUT2D eigenvalue weighted by atomic mass is 10.3. The van der Waals surface area contributed by atoms with Gasteiger partial charge in [0, 0.05) is 19.1 Å². The van der Waals surface area contributed by atoms with Gasteiger partial charge >= 0.3 is 0 Å². The van der Waals surface area contributed by atoms with Crippen LogP contribution in [0.2, 0.25) is 0 Å². The Morgan fingerprint density at radius 3 is 2.33 bits per heavy atom. The summed E-state index contributed by atoms with van der Waals surface area (Å²) in [7, 11) is -2.82. The number of amides is 1. The van der Waals surface area contributed by atoms with Crippen LogP contribution in [0.25, 0.3) is 0 Å². The van der Waals surface area contributed by atoms with Crippen molar-refractivity contribution in [2.45, 2.75) is 11.8 Å². The Morgan fingerprint density at radius 2 is 1.75 bits per heavy atom. The Bertz CT molecular complexity index is 885. The molecule has 9 heteroatoms. The number of carbonyl (C=O) groups excluding carboxylic acids is 1. The van der Waals surface area contributed by atoms with Crippen LogP contribution in [-0.4, -0.2) is 21.4 Å². The first-order chi connectivity index (χ1) is 11.2. The molecular formula is C15H14F2N2O4S. The van der Waals surface area contributed by atoms with Crippen LogP contribution >= 0.6 is 0 Å². The molecule has 2 aromatic carbocycles. The fourth-order valence-corrected chi connectivity index (χ4v) is 2.99. The van der Waals surface area contributed by atoms with Crippen LogP contribution in [-0.2, 0) is 14.8 Å². The minimum atomic E-state index is -4.13. The van der Waals surface area contributed by atoms with Gasteiger partial charge in [0.05, 0.1) is 23.4 Å². The maximum Gasteiger partial charge on any atom is 0.262 e. The molecule has 0 heterocycles. The number of rotatable bonds is 5. The maximum absolute atomic E-state index is 13.6. The second-order valence-electron chi connectivity index (χ2n) is 4.77. The number of benzene rings is 2. The summed E-state index contributed by atoms with van der Waals surface area (Å²) in [5.74, 6) is -2.10. The van der Waals surface area contributed by atoms with E-state index in [-0.39, 0.29) is 27.9 Å². The van der Waals surface area contributed by atoms with Crippen molar-refractivity contribution >= 4 is 27.3 Å². The van der Waals surface area contributed by atoms with Gasteiger partial charge in [0.25, 0.3) is 10.0 Å². The quantitative estimate of drug-likeness (QED) is 0.863. The van der Waals surface area contributed by atoms with Gasteiger partial charge in [-0.2, -0.15) is 0 Å². The van der Waals surface area contributed by atoms with Gasteiger partial charge in [0.15, 0.2) is 0 Å². The average molecular weight is 356 g/mol. The molecule has 1 amide bonds. The molecule has 0 radical (unpaired) electrons. The second kappa shape index (κ2) is 6.83. The molecular weight excluding hydrogens is 342 g/mol. The van der Waals surface area contributed by atoms with Crippen molar-refractivity contribution in [3.8, 4) is 5.75 Å². The molecule has 6 nitrogen and oxygen atoms in total. The van der Waals surface area contributed by atoms with E-state index in [2.05, 4.69) is 5.32 Å². The largest absolute Gasteiger partial charge is 0.495 e. The number of nitrogens with one attached hydrogen (secondary N) is 2. The van der Waals surface area contributed by atoms with E-state index < -0.39 is 21.7 Å². The number of hydrogen-bond donors (Lipinski definition) is 2. The van der Waals surface area contributed by atoms with Crippen LogP contribution in [0.1, 0.15) is 6.92 Å². The Kier molecular flexibility index (Phi) is 5.03. The molecule has 2 aromatic rings. The van der Waals surface area contributed by atoms with Crippen LogP contribution in [0, 0.1) is 11.6 Å². The lowest BCUT2D eigenvalue weighted by Crippen LogP contribution is -2.15. The van der Waals surface area contributed by atoms with Crippen molar-refractivity contribution in [3.05, 3.63) is 48.0 Å². The molecule has 0 atom stereocenters. The van der Waals surface area contributed by atoms with Gasteiger partial charge in [-0.25, -0.2) is 17.2 Å². The van der Waals surface area contributed by atoms with Crippen molar-refractivity contribution < 1.29 is 26.7 Å². The number of ether oxygens (including phenoxy) is 1. The van der Waals surface area contributed by atoms with Crippen molar-refractivity contribution in [2.24, 2.45) is 0 Å². The molecule has 128 valence electrons. The molecule has 0 spiro atoms. The topological polar surface area (TPSA) is 84.5 Å². The average Bonchev–Trinajstić information content (AvgIpc) is 2.49. The third-order valence-corrected chi connectivity index (χ3v) is 4.33. The van der Waals surface area contributed by atoms with Crippen molar-refractivity contribution in [1.82, 2.24) is 0 Å². The van der Waals surface area contributed by atoms with Gasteiger partial charge in [-0.05, 0) is 24.3 Å². The zero-order valence-corrected chi connectivity index (χ0v) is 13.6. The monoisotopic (exact) mass is 356 g/mol. The second-order valence-corrected chi connectivity index (χ2v) is 6.46. The molecule has 0 aromatic heterocycles. The van der Waals surface area contributed by atoms with E-state index in [0.717, 1.165) is 12.1 Å². The van der Waals surface area contributed by atoms with E-state index >= 15 is 0 Å². The number of carbonyl (C=O) groups is 1. The van der Waals surface area contributed by atoms with Crippen molar-refractivity contribution in [2.75, 3.05) is 17.1 Å². The van der Waals surface area contributed by atoms with Gasteiger partial charge in [-0.15, -0.1) is 0 Å². The van der Waals surface area contributed by atoms with E-state index in [1.165, 1.54) is 32.2 Å². The number of anilines is 2. The lowest BCUT2D eigenvalue weighted by Gasteiger charge is -2.13. The Morgan fingerprint density at radius 1 is 1.08 bits per heavy atom. The normalized spacial score (nSPS) is 11.0. The molecule has 0 fully saturated rings. The molecule has 24 heavy (non-hydrogen) atoms. The van der Waals surface area contributed by atoms with Crippen molar-refractivity contribution in [1.29, 1.82) is 0 Å². The smallest absolute Gasteiger partial charge is 0.262 e. The third kappa shape index (κ3) is 3.99. The summed E-state index contributed by atoms with van der Waals surface area (Å²) in [6, 6.07) is 6.22. The number of halogens is 2. The Hall–Kier alpha value is -2.68. The highest BCUT2D eigenvalue weighted by molar-refractivity contribution is 7.92. The number of hydrogen-bond acceptors (Lipinski definition) is 4. The minimum Gasteiger partial charge on any atom is -0.495 e. The number of methoxy groups -OCH3 is 1. The summed E-state index contributed by atoms with van der Waals surface area (Å²) < 4.78 is 58.2. The SMILES string of the molecule is COc1cc(S(=O)(=O)Nc2ccc(F)cc2F)ccc1NC(C)=O. The standard InChI is InChI=1S/C15H14F2N2O4S/c1-9(20)18-14-6-4-11(8-15(14)23-2)24(21,22)19-13-5-3-10(16)7-12(13)17/h3-8,19H,1-2H3,(H,18,20). The zero-order valence-electron chi connectivity index (χ0n) is 12.8. The fraction of sp³-hybridized carbons (Fsp3) is 0.133. The first kappa shape index (κ1) is 17.7.